The van der Waals surface area contributed by atoms with Crippen molar-refractivity contribution in [3.63, 3.8) is 0 Å². The standard InChI is InChI=1S/C5H8O2.Sr/c1-4(6)3-5(2)7;/h3,6H,1-2H3;/q;+2. The van der Waals surface area contributed by atoms with Crippen molar-refractivity contribution in [1.29, 1.82) is 0 Å². The number of carbonyl (C=O) groups is 1. The third kappa shape index (κ3) is 9.85. The number of aliphatic hydroxyl groups excluding tert-OH is 1. The van der Waals surface area contributed by atoms with E-state index in [2.05, 4.69) is 0 Å². The van der Waals surface area contributed by atoms with Gasteiger partial charge in [-0.15, -0.1) is 0 Å². The number of rotatable bonds is 1. The molecule has 0 unspecified atom stereocenters. The van der Waals surface area contributed by atoms with E-state index in [-0.39, 0.29) is 57.0 Å². The van der Waals surface area contributed by atoms with Crippen LogP contribution in [0.4, 0.5) is 0 Å². The predicted octanol–water partition coefficient (Wildman–Crippen LogP) is 0.656. The average Bonchev–Trinajstić information content (AvgIpc) is 1.27. The van der Waals surface area contributed by atoms with E-state index in [1.807, 2.05) is 0 Å². The molecule has 0 amide bonds. The van der Waals surface area contributed by atoms with Crippen LogP contribution in [0, 0.1) is 0 Å². The molecule has 0 aliphatic carbocycles. The quantitative estimate of drug-likeness (QED) is 0.372. The minimum atomic E-state index is -0.125. The Morgan fingerprint density at radius 1 is 1.50 bits per heavy atom. The fourth-order valence-electron chi connectivity index (χ4n) is 0.294. The number of hydrogen-bond acceptors (Lipinski definition) is 2. The Balaban J connectivity index is 0. The van der Waals surface area contributed by atoms with Crippen molar-refractivity contribution >= 4 is 51.3 Å². The van der Waals surface area contributed by atoms with Crippen LogP contribution in [0.15, 0.2) is 11.8 Å². The number of carbonyl (C=O) groups excluding carboxylic acids is 1. The Hall–Kier alpha value is 0.691. The first-order valence-electron chi connectivity index (χ1n) is 2.01. The predicted molar refractivity (Wildman–Crippen MR) is 32.8 cm³/mol. The summed E-state index contributed by atoms with van der Waals surface area (Å²) in [6.07, 6.45) is 1.17. The molecule has 0 spiro atoms. The van der Waals surface area contributed by atoms with Crippen molar-refractivity contribution in [3.8, 4) is 0 Å². The van der Waals surface area contributed by atoms with E-state index in [1.165, 1.54) is 19.9 Å². The fourth-order valence-corrected chi connectivity index (χ4v) is 0.294. The van der Waals surface area contributed by atoms with Crippen LogP contribution in [0.25, 0.3) is 0 Å². The summed E-state index contributed by atoms with van der Waals surface area (Å²) in [4.78, 5) is 10.0. The minimum absolute atomic E-state index is 0. The summed E-state index contributed by atoms with van der Waals surface area (Å²) in [5.41, 5.74) is 0. The molecule has 0 saturated heterocycles. The molecular formula is C5H8O2Sr+2. The second kappa shape index (κ2) is 5.82. The monoisotopic (exact) mass is 188 g/mol. The third-order valence-corrected chi connectivity index (χ3v) is 0.412. The van der Waals surface area contributed by atoms with Crippen molar-refractivity contribution in [2.24, 2.45) is 0 Å². The topological polar surface area (TPSA) is 37.3 Å². The molecule has 0 radical (unpaired) electrons. The van der Waals surface area contributed by atoms with Gasteiger partial charge in [-0.25, -0.2) is 0 Å². The van der Waals surface area contributed by atoms with Gasteiger partial charge in [0.2, 0.25) is 0 Å². The summed E-state index contributed by atoms with van der Waals surface area (Å²) in [6.45, 7) is 2.85. The normalized spacial score (nSPS) is 10.0. The zero-order valence-corrected chi connectivity index (χ0v) is 8.62. The first-order chi connectivity index (χ1) is 3.13. The van der Waals surface area contributed by atoms with Gasteiger partial charge in [-0.3, -0.25) is 4.79 Å². The molecule has 0 aromatic carbocycles. The molecule has 0 rings (SSSR count). The molecular weight excluding hydrogens is 180 g/mol. The summed E-state index contributed by atoms with van der Waals surface area (Å²) >= 11 is 0. The van der Waals surface area contributed by atoms with Gasteiger partial charge in [-0.05, 0) is 13.8 Å². The van der Waals surface area contributed by atoms with E-state index in [1.54, 1.807) is 0 Å². The van der Waals surface area contributed by atoms with Crippen LogP contribution in [0.5, 0.6) is 0 Å². The number of hydrogen-bond donors (Lipinski definition) is 1. The summed E-state index contributed by atoms with van der Waals surface area (Å²) in [5.74, 6) is -0.0625. The molecule has 0 aromatic rings. The molecule has 40 valence electrons. The van der Waals surface area contributed by atoms with Crippen LogP contribution in [0.1, 0.15) is 13.8 Å². The maximum absolute atomic E-state index is 10.0. The van der Waals surface area contributed by atoms with Crippen molar-refractivity contribution in [3.05, 3.63) is 11.8 Å². The SMILES string of the molecule is CC(=O)C=C(C)O.[Sr+2]. The van der Waals surface area contributed by atoms with Crippen LogP contribution in [0.3, 0.4) is 0 Å². The Bertz CT molecular complexity index is 103. The largest absolute Gasteiger partial charge is 2.00 e. The first-order valence-corrected chi connectivity index (χ1v) is 2.01. The summed E-state index contributed by atoms with van der Waals surface area (Å²) in [5, 5.41) is 8.36. The second-order valence-electron chi connectivity index (χ2n) is 1.40. The van der Waals surface area contributed by atoms with Crippen molar-refractivity contribution in [2.75, 3.05) is 0 Å². The van der Waals surface area contributed by atoms with Crippen LogP contribution in [-0.4, -0.2) is 56.4 Å². The van der Waals surface area contributed by atoms with Gasteiger partial charge in [0.1, 0.15) is 0 Å². The first kappa shape index (κ1) is 11.5. The molecule has 0 fully saturated rings. The molecule has 0 bridgehead atoms. The molecule has 0 aliphatic heterocycles. The van der Waals surface area contributed by atoms with Gasteiger partial charge in [-0.2, -0.15) is 0 Å². The molecule has 0 atom stereocenters. The summed E-state index contributed by atoms with van der Waals surface area (Å²) in [7, 11) is 0. The zero-order valence-electron chi connectivity index (χ0n) is 5.14. The second-order valence-corrected chi connectivity index (χ2v) is 1.40. The van der Waals surface area contributed by atoms with E-state index in [0.717, 1.165) is 0 Å². The maximum atomic E-state index is 10.0. The van der Waals surface area contributed by atoms with Gasteiger partial charge in [0.15, 0.2) is 5.78 Å². The molecule has 0 heterocycles. The van der Waals surface area contributed by atoms with Gasteiger partial charge in [-0.1, -0.05) is 0 Å². The smallest absolute Gasteiger partial charge is 0.512 e. The summed E-state index contributed by atoms with van der Waals surface area (Å²) < 4.78 is 0. The van der Waals surface area contributed by atoms with Gasteiger partial charge in [0.05, 0.1) is 5.76 Å². The Kier molecular flexibility index (Phi) is 8.35. The maximum Gasteiger partial charge on any atom is 2.00 e. The zero-order chi connectivity index (χ0) is 5.86. The molecule has 0 saturated carbocycles. The van der Waals surface area contributed by atoms with Gasteiger partial charge in [0, 0.05) is 6.08 Å². The third-order valence-electron chi connectivity index (χ3n) is 0.412. The number of ketones is 1. The van der Waals surface area contributed by atoms with E-state index < -0.39 is 0 Å². The van der Waals surface area contributed by atoms with Gasteiger partial charge >= 0.3 is 45.5 Å². The van der Waals surface area contributed by atoms with Gasteiger partial charge in [0.25, 0.3) is 0 Å². The van der Waals surface area contributed by atoms with E-state index >= 15 is 0 Å². The average molecular weight is 188 g/mol. The molecule has 1 N–H and O–H groups in total. The number of aliphatic hydroxyl groups is 1. The minimum Gasteiger partial charge on any atom is -0.512 e. The van der Waals surface area contributed by atoms with E-state index in [0.29, 0.717) is 0 Å². The Labute approximate surface area is 85.9 Å². The molecule has 0 aliphatic rings. The van der Waals surface area contributed by atoms with Crippen molar-refractivity contribution < 1.29 is 9.90 Å². The molecule has 3 heteroatoms. The molecule has 0 aromatic heterocycles. The Morgan fingerprint density at radius 2 is 1.88 bits per heavy atom. The van der Waals surface area contributed by atoms with Gasteiger partial charge < -0.3 is 5.11 Å². The van der Waals surface area contributed by atoms with Crippen molar-refractivity contribution in [1.82, 2.24) is 0 Å². The Morgan fingerprint density at radius 3 is 1.88 bits per heavy atom. The van der Waals surface area contributed by atoms with Crippen LogP contribution >= 0.6 is 0 Å². The van der Waals surface area contributed by atoms with Crippen LogP contribution < -0.4 is 0 Å². The molecule has 2 nitrogen and oxygen atoms in total. The summed E-state index contributed by atoms with van der Waals surface area (Å²) in [6, 6.07) is 0. The van der Waals surface area contributed by atoms with Crippen molar-refractivity contribution in [2.45, 2.75) is 13.8 Å². The van der Waals surface area contributed by atoms with E-state index in [9.17, 15) is 4.79 Å². The molecule has 8 heavy (non-hydrogen) atoms. The fraction of sp³-hybridized carbons (Fsp3) is 0.400. The number of allylic oxidation sites excluding steroid dienone is 2. The van der Waals surface area contributed by atoms with Crippen LogP contribution in [-0.2, 0) is 4.79 Å². The van der Waals surface area contributed by atoms with Crippen LogP contribution in [0.2, 0.25) is 0 Å². The van der Waals surface area contributed by atoms with E-state index in [4.69, 9.17) is 5.11 Å².